The van der Waals surface area contributed by atoms with Crippen LogP contribution in [-0.2, 0) is 4.79 Å². The van der Waals surface area contributed by atoms with E-state index < -0.39 is 5.60 Å². The second-order valence-electron chi connectivity index (χ2n) is 7.76. The molecule has 0 unspecified atom stereocenters. The highest BCUT2D eigenvalue weighted by Gasteiger charge is 2.43. The first-order valence-electron chi connectivity index (χ1n) is 9.02. The molecule has 0 aromatic heterocycles. The van der Waals surface area contributed by atoms with Gasteiger partial charge in [-0.25, -0.2) is 0 Å². The number of hydrogen-bond acceptors (Lipinski definition) is 3. The molecule has 2 fully saturated rings. The lowest BCUT2D eigenvalue weighted by atomic mass is 9.82. The number of carbonyl (C=O) groups excluding carboxylic acids is 1. The molecule has 22 heavy (non-hydrogen) atoms. The van der Waals surface area contributed by atoms with Crippen molar-refractivity contribution in [2.24, 2.45) is 11.8 Å². The van der Waals surface area contributed by atoms with Gasteiger partial charge in [0.05, 0.1) is 5.60 Å². The van der Waals surface area contributed by atoms with Gasteiger partial charge in [0.1, 0.15) is 5.78 Å². The molecule has 0 saturated carbocycles. The predicted molar refractivity (Wildman–Crippen MR) is 90.8 cm³/mol. The Morgan fingerprint density at radius 3 is 2.86 bits per heavy atom. The minimum atomic E-state index is -0.578. The van der Waals surface area contributed by atoms with Crippen LogP contribution in [0.15, 0.2) is 11.6 Å². The number of nitrogens with zero attached hydrogens (tertiary/aromatic N) is 1. The lowest BCUT2D eigenvalue weighted by Crippen LogP contribution is -2.52. The Balaban J connectivity index is 1.90. The van der Waals surface area contributed by atoms with Crippen molar-refractivity contribution >= 4 is 5.78 Å². The van der Waals surface area contributed by atoms with Gasteiger partial charge in [-0.15, -0.1) is 0 Å². The number of rotatable bonds is 6. The van der Waals surface area contributed by atoms with Gasteiger partial charge < -0.3 is 5.11 Å². The first-order chi connectivity index (χ1) is 10.3. The number of fused-ring (bicyclic) bond motifs is 1. The fraction of sp³-hybridized carbons (Fsp3) is 0.842. The molecule has 126 valence electrons. The van der Waals surface area contributed by atoms with E-state index in [4.69, 9.17) is 0 Å². The molecule has 2 saturated heterocycles. The molecule has 0 radical (unpaired) electrons. The molecule has 0 spiro atoms. The van der Waals surface area contributed by atoms with E-state index in [-0.39, 0.29) is 5.92 Å². The number of Topliss-reactive ketones (excluding diaryl/α,β-unsaturated/α-hetero) is 1. The van der Waals surface area contributed by atoms with Gasteiger partial charge in [0.2, 0.25) is 0 Å². The predicted octanol–water partition coefficient (Wildman–Crippen LogP) is 3.56. The molecule has 0 aliphatic carbocycles. The molecule has 2 aliphatic rings. The zero-order valence-electron chi connectivity index (χ0n) is 14.8. The quantitative estimate of drug-likeness (QED) is 0.763. The topological polar surface area (TPSA) is 40.5 Å². The molecular weight excluding hydrogens is 274 g/mol. The lowest BCUT2D eigenvalue weighted by molar-refractivity contribution is -0.122. The summed E-state index contributed by atoms with van der Waals surface area (Å²) in [4.78, 5) is 14.1. The maximum Gasteiger partial charge on any atom is 0.135 e. The molecule has 3 nitrogen and oxygen atoms in total. The van der Waals surface area contributed by atoms with Crippen LogP contribution >= 0.6 is 0 Å². The Morgan fingerprint density at radius 1 is 1.45 bits per heavy atom. The third-order valence-electron chi connectivity index (χ3n) is 5.55. The van der Waals surface area contributed by atoms with E-state index in [1.165, 1.54) is 12.0 Å². The normalized spacial score (nSPS) is 33.7. The largest absolute Gasteiger partial charge is 0.388 e. The summed E-state index contributed by atoms with van der Waals surface area (Å²) in [5.41, 5.74) is 0.802. The van der Waals surface area contributed by atoms with E-state index in [1.54, 1.807) is 0 Å². The van der Waals surface area contributed by atoms with Gasteiger partial charge in [0.25, 0.3) is 0 Å². The van der Waals surface area contributed by atoms with Crippen molar-refractivity contribution in [2.75, 3.05) is 13.1 Å². The van der Waals surface area contributed by atoms with Crippen LogP contribution in [0.5, 0.6) is 0 Å². The Kier molecular flexibility index (Phi) is 5.84. The highest BCUT2D eigenvalue weighted by atomic mass is 16.3. The molecule has 3 heteroatoms. The van der Waals surface area contributed by atoms with Gasteiger partial charge in [-0.3, -0.25) is 9.69 Å². The molecule has 0 amide bonds. The summed E-state index contributed by atoms with van der Waals surface area (Å²) in [5.74, 6) is 1.04. The number of ketones is 1. The zero-order valence-corrected chi connectivity index (χ0v) is 14.8. The highest BCUT2D eigenvalue weighted by Crippen LogP contribution is 2.37. The van der Waals surface area contributed by atoms with Crippen molar-refractivity contribution in [1.29, 1.82) is 0 Å². The monoisotopic (exact) mass is 307 g/mol. The molecule has 0 bridgehead atoms. The van der Waals surface area contributed by atoms with Crippen LogP contribution < -0.4 is 0 Å². The molecule has 2 rings (SSSR count). The molecule has 4 atom stereocenters. The van der Waals surface area contributed by atoms with Gasteiger partial charge in [-0.2, -0.15) is 0 Å². The van der Waals surface area contributed by atoms with Crippen molar-refractivity contribution < 1.29 is 9.90 Å². The van der Waals surface area contributed by atoms with Crippen LogP contribution in [0, 0.1) is 11.8 Å². The van der Waals surface area contributed by atoms with E-state index in [9.17, 15) is 9.90 Å². The van der Waals surface area contributed by atoms with Crippen LogP contribution in [0.3, 0.4) is 0 Å². The van der Waals surface area contributed by atoms with Gasteiger partial charge in [0.15, 0.2) is 0 Å². The third-order valence-corrected chi connectivity index (χ3v) is 5.55. The minimum Gasteiger partial charge on any atom is -0.388 e. The summed E-state index contributed by atoms with van der Waals surface area (Å²) in [7, 11) is 0. The maximum atomic E-state index is 11.7. The van der Waals surface area contributed by atoms with Crippen molar-refractivity contribution in [3.05, 3.63) is 11.6 Å². The summed E-state index contributed by atoms with van der Waals surface area (Å²) in [5, 5.41) is 10.7. The Morgan fingerprint density at radius 2 is 2.18 bits per heavy atom. The fourth-order valence-electron chi connectivity index (χ4n) is 4.23. The van der Waals surface area contributed by atoms with Crippen molar-refractivity contribution in [3.8, 4) is 0 Å². The molecule has 2 aliphatic heterocycles. The van der Waals surface area contributed by atoms with Crippen LogP contribution in [0.1, 0.15) is 66.2 Å². The van der Waals surface area contributed by atoms with Gasteiger partial charge in [-0.05, 0) is 51.5 Å². The fourth-order valence-corrected chi connectivity index (χ4v) is 4.23. The standard InChI is InChI=1S/C19H33NO2/c1-5-17(21)15(3)9-8-14(2)11-16-12-19(4,22)18-7-6-10-20(18)13-16/h11,14-15,18,22H,5-10,12-13H2,1-4H3/b16-11-/t14-,15+,18-,19-/m0/s1. The SMILES string of the molecule is CCC(=O)[C@H](C)CC[C@H](C)/C=C1\CN2CCC[C@H]2[C@@](C)(O)C1. The van der Waals surface area contributed by atoms with Crippen molar-refractivity contribution in [1.82, 2.24) is 4.90 Å². The van der Waals surface area contributed by atoms with Crippen molar-refractivity contribution in [3.63, 3.8) is 0 Å². The van der Waals surface area contributed by atoms with E-state index in [0.717, 1.165) is 38.8 Å². The van der Waals surface area contributed by atoms with E-state index in [2.05, 4.69) is 17.9 Å². The van der Waals surface area contributed by atoms with E-state index in [1.807, 2.05) is 20.8 Å². The number of piperidine rings is 1. The van der Waals surface area contributed by atoms with Crippen LogP contribution in [0.2, 0.25) is 0 Å². The zero-order chi connectivity index (χ0) is 16.3. The molecule has 1 N–H and O–H groups in total. The number of aliphatic hydroxyl groups is 1. The van der Waals surface area contributed by atoms with Gasteiger partial charge in [0, 0.05) is 24.9 Å². The number of allylic oxidation sites excluding steroid dienone is 1. The van der Waals surface area contributed by atoms with Crippen LogP contribution in [0.25, 0.3) is 0 Å². The summed E-state index contributed by atoms with van der Waals surface area (Å²) in [6.45, 7) is 10.4. The lowest BCUT2D eigenvalue weighted by Gasteiger charge is -2.43. The Bertz CT molecular complexity index is 427. The van der Waals surface area contributed by atoms with E-state index >= 15 is 0 Å². The first kappa shape index (κ1) is 17.7. The molecule has 0 aromatic rings. The maximum absolute atomic E-state index is 11.7. The van der Waals surface area contributed by atoms with Gasteiger partial charge >= 0.3 is 0 Å². The van der Waals surface area contributed by atoms with E-state index in [0.29, 0.717) is 24.2 Å². The average molecular weight is 307 g/mol. The molecular formula is C19H33NO2. The third kappa shape index (κ3) is 4.20. The second-order valence-corrected chi connectivity index (χ2v) is 7.76. The summed E-state index contributed by atoms with van der Waals surface area (Å²) >= 11 is 0. The molecule has 0 aromatic carbocycles. The summed E-state index contributed by atoms with van der Waals surface area (Å²) < 4.78 is 0. The van der Waals surface area contributed by atoms with Crippen LogP contribution in [0.4, 0.5) is 0 Å². The Hall–Kier alpha value is -0.670. The Labute approximate surface area is 135 Å². The highest BCUT2D eigenvalue weighted by molar-refractivity contribution is 5.80. The molecule has 2 heterocycles. The van der Waals surface area contributed by atoms with Crippen LogP contribution in [-0.4, -0.2) is 40.5 Å². The minimum absolute atomic E-state index is 0.184. The summed E-state index contributed by atoms with van der Waals surface area (Å²) in [6, 6.07) is 0.349. The summed E-state index contributed by atoms with van der Waals surface area (Å²) in [6.07, 6.45) is 8.18. The van der Waals surface area contributed by atoms with Crippen molar-refractivity contribution in [2.45, 2.75) is 77.9 Å². The first-order valence-corrected chi connectivity index (χ1v) is 9.02. The smallest absolute Gasteiger partial charge is 0.135 e. The average Bonchev–Trinajstić information content (AvgIpc) is 2.92. The second kappa shape index (κ2) is 7.27. The van der Waals surface area contributed by atoms with Gasteiger partial charge in [-0.1, -0.05) is 32.4 Å². The number of carbonyl (C=O) groups is 1. The number of hydrogen-bond donors (Lipinski definition) is 1.